The highest BCUT2D eigenvalue weighted by atomic mass is 35.5. The van der Waals surface area contributed by atoms with Gasteiger partial charge in [-0.1, -0.05) is 18.5 Å². The van der Waals surface area contributed by atoms with Gasteiger partial charge in [-0.15, -0.1) is 0 Å². The van der Waals surface area contributed by atoms with Crippen molar-refractivity contribution in [3.8, 4) is 5.75 Å². The van der Waals surface area contributed by atoms with Crippen LogP contribution in [0.2, 0.25) is 5.02 Å². The van der Waals surface area contributed by atoms with Crippen molar-refractivity contribution in [2.24, 2.45) is 5.14 Å². The molecule has 1 rings (SSSR count). The highest BCUT2D eigenvalue weighted by Crippen LogP contribution is 2.30. The summed E-state index contributed by atoms with van der Waals surface area (Å²) in [4.78, 5) is -0.0919. The minimum absolute atomic E-state index is 0.0919. The molecular formula is C11H17ClN2O3S. The zero-order chi connectivity index (χ0) is 13.8. The fourth-order valence-corrected chi connectivity index (χ4v) is 2.67. The first-order valence-corrected chi connectivity index (χ1v) is 7.42. The number of hydrogen-bond acceptors (Lipinski definition) is 4. The lowest BCUT2D eigenvalue weighted by Gasteiger charge is -2.13. The van der Waals surface area contributed by atoms with Crippen molar-refractivity contribution in [2.75, 3.05) is 13.7 Å². The topological polar surface area (TPSA) is 81.4 Å². The quantitative estimate of drug-likeness (QED) is 0.779. The van der Waals surface area contributed by atoms with Gasteiger partial charge in [0.1, 0.15) is 10.6 Å². The number of primary sulfonamides is 1. The molecule has 0 radical (unpaired) electrons. The number of nitrogens with one attached hydrogen (secondary N) is 1. The van der Waals surface area contributed by atoms with Gasteiger partial charge < -0.3 is 10.1 Å². The first-order valence-electron chi connectivity index (χ1n) is 5.50. The van der Waals surface area contributed by atoms with Crippen molar-refractivity contribution in [3.05, 3.63) is 22.7 Å². The van der Waals surface area contributed by atoms with Gasteiger partial charge in [0.05, 0.1) is 7.11 Å². The van der Waals surface area contributed by atoms with Crippen molar-refractivity contribution in [1.82, 2.24) is 5.32 Å². The largest absolute Gasteiger partial charge is 0.495 e. The fourth-order valence-electron chi connectivity index (χ4n) is 1.60. The number of benzene rings is 1. The Morgan fingerprint density at radius 3 is 2.61 bits per heavy atom. The van der Waals surface area contributed by atoms with Crippen molar-refractivity contribution in [2.45, 2.75) is 24.8 Å². The standard InChI is InChI=1S/C11H17ClN2O3S/c1-3-4-14-7-8-5-9(12)6-10(11(8)17-2)18(13,15)16/h5-6,14H,3-4,7H2,1-2H3,(H2,13,15,16). The summed E-state index contributed by atoms with van der Waals surface area (Å²) in [5.41, 5.74) is 0.669. The number of hydrogen-bond donors (Lipinski definition) is 2. The van der Waals surface area contributed by atoms with E-state index in [1.807, 2.05) is 6.92 Å². The van der Waals surface area contributed by atoms with Crippen LogP contribution in [-0.2, 0) is 16.6 Å². The molecule has 7 heteroatoms. The molecule has 3 N–H and O–H groups in total. The molecule has 0 aliphatic carbocycles. The summed E-state index contributed by atoms with van der Waals surface area (Å²) in [7, 11) is -2.45. The summed E-state index contributed by atoms with van der Waals surface area (Å²) >= 11 is 5.89. The molecule has 0 spiro atoms. The average Bonchev–Trinajstić information content (AvgIpc) is 2.27. The Kier molecular flexibility index (Phi) is 5.40. The second kappa shape index (κ2) is 6.38. The van der Waals surface area contributed by atoms with Gasteiger partial charge in [0, 0.05) is 17.1 Å². The molecule has 1 aromatic rings. The maximum Gasteiger partial charge on any atom is 0.241 e. The molecule has 0 amide bonds. The average molecular weight is 293 g/mol. The van der Waals surface area contributed by atoms with Crippen molar-refractivity contribution < 1.29 is 13.2 Å². The van der Waals surface area contributed by atoms with Gasteiger partial charge in [0.25, 0.3) is 0 Å². The molecule has 0 fully saturated rings. The molecule has 0 bridgehead atoms. The molecule has 0 saturated heterocycles. The Morgan fingerprint density at radius 1 is 1.44 bits per heavy atom. The Balaban J connectivity index is 3.21. The monoisotopic (exact) mass is 292 g/mol. The predicted octanol–water partition coefficient (Wildman–Crippen LogP) is 1.50. The summed E-state index contributed by atoms with van der Waals surface area (Å²) in [6.07, 6.45) is 0.977. The predicted molar refractivity (Wildman–Crippen MR) is 71.4 cm³/mol. The summed E-state index contributed by atoms with van der Waals surface area (Å²) in [6.45, 7) is 3.33. The molecule has 0 saturated carbocycles. The first kappa shape index (κ1) is 15.2. The van der Waals surface area contributed by atoms with Crippen LogP contribution in [0, 0.1) is 0 Å². The van der Waals surface area contributed by atoms with Crippen LogP contribution >= 0.6 is 11.6 Å². The molecule has 0 atom stereocenters. The maximum atomic E-state index is 11.5. The van der Waals surface area contributed by atoms with E-state index in [1.54, 1.807) is 6.07 Å². The lowest BCUT2D eigenvalue weighted by atomic mass is 10.2. The Morgan fingerprint density at radius 2 is 2.11 bits per heavy atom. The van der Waals surface area contributed by atoms with Crippen molar-refractivity contribution >= 4 is 21.6 Å². The summed E-state index contributed by atoms with van der Waals surface area (Å²) in [5.74, 6) is 0.241. The van der Waals surface area contributed by atoms with Crippen LogP contribution in [0.25, 0.3) is 0 Å². The van der Waals surface area contributed by atoms with Crippen LogP contribution in [-0.4, -0.2) is 22.1 Å². The normalized spacial score (nSPS) is 11.6. The first-order chi connectivity index (χ1) is 8.40. The molecule has 0 aliphatic heterocycles. The number of rotatable bonds is 6. The summed E-state index contributed by atoms with van der Waals surface area (Å²) < 4.78 is 28.1. The van der Waals surface area contributed by atoms with E-state index in [2.05, 4.69) is 5.32 Å². The van der Waals surface area contributed by atoms with Gasteiger partial charge in [0.2, 0.25) is 10.0 Å². The number of ether oxygens (including phenoxy) is 1. The third-order valence-corrected chi connectivity index (χ3v) is 3.48. The van der Waals surface area contributed by atoms with Gasteiger partial charge in [-0.3, -0.25) is 0 Å². The van der Waals surface area contributed by atoms with E-state index < -0.39 is 10.0 Å². The summed E-state index contributed by atoms with van der Waals surface area (Å²) in [5, 5.41) is 8.61. The molecule has 5 nitrogen and oxygen atoms in total. The zero-order valence-electron chi connectivity index (χ0n) is 10.4. The third kappa shape index (κ3) is 3.84. The van der Waals surface area contributed by atoms with Crippen LogP contribution in [0.15, 0.2) is 17.0 Å². The molecule has 1 aromatic carbocycles. The van der Waals surface area contributed by atoms with Gasteiger partial charge in [0.15, 0.2) is 0 Å². The number of halogens is 1. The second-order valence-electron chi connectivity index (χ2n) is 3.82. The Hall–Kier alpha value is -0.820. The number of nitrogens with two attached hydrogens (primary N) is 1. The number of sulfonamides is 1. The minimum Gasteiger partial charge on any atom is -0.495 e. The summed E-state index contributed by atoms with van der Waals surface area (Å²) in [6, 6.07) is 2.96. The van der Waals surface area contributed by atoms with Crippen LogP contribution in [0.4, 0.5) is 0 Å². The minimum atomic E-state index is -3.86. The van der Waals surface area contributed by atoms with E-state index in [9.17, 15) is 8.42 Å². The smallest absolute Gasteiger partial charge is 0.241 e. The molecule has 18 heavy (non-hydrogen) atoms. The lowest BCUT2D eigenvalue weighted by molar-refractivity contribution is 0.395. The van der Waals surface area contributed by atoms with Crippen LogP contribution in [0.3, 0.4) is 0 Å². The van der Waals surface area contributed by atoms with E-state index >= 15 is 0 Å². The highest BCUT2D eigenvalue weighted by molar-refractivity contribution is 7.89. The van der Waals surface area contributed by atoms with E-state index in [-0.39, 0.29) is 10.6 Å². The third-order valence-electron chi connectivity index (χ3n) is 2.35. The second-order valence-corrected chi connectivity index (χ2v) is 5.78. The van der Waals surface area contributed by atoms with Crippen LogP contribution in [0.1, 0.15) is 18.9 Å². The van der Waals surface area contributed by atoms with Crippen molar-refractivity contribution in [1.29, 1.82) is 0 Å². The SMILES string of the molecule is CCCNCc1cc(Cl)cc(S(N)(=O)=O)c1OC. The maximum absolute atomic E-state index is 11.5. The highest BCUT2D eigenvalue weighted by Gasteiger charge is 2.19. The number of methoxy groups -OCH3 is 1. The Bertz CT molecular complexity index is 517. The van der Waals surface area contributed by atoms with Crippen LogP contribution < -0.4 is 15.2 Å². The van der Waals surface area contributed by atoms with Gasteiger partial charge in [-0.25, -0.2) is 13.6 Å². The van der Waals surface area contributed by atoms with E-state index in [1.165, 1.54) is 13.2 Å². The van der Waals surface area contributed by atoms with Gasteiger partial charge in [-0.05, 0) is 25.1 Å². The van der Waals surface area contributed by atoms with E-state index in [0.29, 0.717) is 17.1 Å². The van der Waals surface area contributed by atoms with E-state index in [0.717, 1.165) is 13.0 Å². The lowest BCUT2D eigenvalue weighted by Crippen LogP contribution is -2.18. The van der Waals surface area contributed by atoms with E-state index in [4.69, 9.17) is 21.5 Å². The molecule has 0 unspecified atom stereocenters. The molecule has 0 aliphatic rings. The molecular weight excluding hydrogens is 276 g/mol. The van der Waals surface area contributed by atoms with Gasteiger partial charge in [-0.2, -0.15) is 0 Å². The Labute approximate surface area is 112 Å². The molecule has 102 valence electrons. The zero-order valence-corrected chi connectivity index (χ0v) is 11.9. The van der Waals surface area contributed by atoms with Gasteiger partial charge >= 0.3 is 0 Å². The fraction of sp³-hybridized carbons (Fsp3) is 0.455. The van der Waals surface area contributed by atoms with Crippen LogP contribution in [0.5, 0.6) is 5.75 Å². The van der Waals surface area contributed by atoms with Crippen molar-refractivity contribution in [3.63, 3.8) is 0 Å². The molecule has 0 aromatic heterocycles. The molecule has 0 heterocycles.